The first-order chi connectivity index (χ1) is 14.1. The van der Waals surface area contributed by atoms with Crippen LogP contribution in [0.3, 0.4) is 0 Å². The third kappa shape index (κ3) is 4.39. The standard InChI is InChI=1S/C22H26N4O3/c27-20(23-17-7-2-1-3-8-17)13-15-26-21(28)11-10-18(24-26)22(29)25-14-12-16-6-4-5-9-19(16)25/h4-6,9-11,17H,1-3,7-8,12-15H2,(H,23,27). The minimum Gasteiger partial charge on any atom is -0.353 e. The van der Waals surface area contributed by atoms with Crippen LogP contribution in [-0.2, 0) is 17.8 Å². The number of hydrogen-bond donors (Lipinski definition) is 1. The van der Waals surface area contributed by atoms with Gasteiger partial charge in [-0.1, -0.05) is 37.5 Å². The van der Waals surface area contributed by atoms with Crippen LogP contribution in [0.25, 0.3) is 0 Å². The number of aryl methyl sites for hydroxylation is 1. The Bertz CT molecular complexity index is 963. The van der Waals surface area contributed by atoms with E-state index >= 15 is 0 Å². The molecule has 0 saturated heterocycles. The number of carbonyl (C=O) groups excluding carboxylic acids is 2. The Balaban J connectivity index is 1.42. The molecule has 0 radical (unpaired) electrons. The molecule has 7 heteroatoms. The number of fused-ring (bicyclic) bond motifs is 1. The largest absolute Gasteiger partial charge is 0.353 e. The summed E-state index contributed by atoms with van der Waals surface area (Å²) in [6.45, 7) is 0.762. The fraction of sp³-hybridized carbons (Fsp3) is 0.455. The van der Waals surface area contributed by atoms with Gasteiger partial charge in [0, 0.05) is 30.8 Å². The van der Waals surface area contributed by atoms with Gasteiger partial charge < -0.3 is 10.2 Å². The Labute approximate surface area is 169 Å². The average Bonchev–Trinajstić information content (AvgIpc) is 3.17. The Kier molecular flexibility index (Phi) is 5.74. The molecule has 0 spiro atoms. The normalized spacial score (nSPS) is 16.5. The summed E-state index contributed by atoms with van der Waals surface area (Å²) >= 11 is 0. The number of amides is 2. The van der Waals surface area contributed by atoms with Crippen molar-refractivity contribution >= 4 is 17.5 Å². The lowest BCUT2D eigenvalue weighted by molar-refractivity contribution is -0.122. The summed E-state index contributed by atoms with van der Waals surface area (Å²) < 4.78 is 1.22. The van der Waals surface area contributed by atoms with Crippen molar-refractivity contribution in [3.05, 3.63) is 58.0 Å². The number of nitrogens with one attached hydrogen (secondary N) is 1. The molecule has 0 unspecified atom stereocenters. The van der Waals surface area contributed by atoms with E-state index in [9.17, 15) is 14.4 Å². The van der Waals surface area contributed by atoms with E-state index in [0.29, 0.717) is 6.54 Å². The van der Waals surface area contributed by atoms with Crippen LogP contribution in [0.15, 0.2) is 41.2 Å². The van der Waals surface area contributed by atoms with E-state index in [-0.39, 0.29) is 42.1 Å². The SMILES string of the molecule is O=C(CCn1nc(C(=O)N2CCc3ccccc32)ccc1=O)NC1CCCCC1. The van der Waals surface area contributed by atoms with Crippen molar-refractivity contribution in [1.82, 2.24) is 15.1 Å². The van der Waals surface area contributed by atoms with Gasteiger partial charge in [-0.2, -0.15) is 5.10 Å². The summed E-state index contributed by atoms with van der Waals surface area (Å²) in [6, 6.07) is 10.9. The highest BCUT2D eigenvalue weighted by atomic mass is 16.2. The average molecular weight is 394 g/mol. The van der Waals surface area contributed by atoms with E-state index in [0.717, 1.165) is 43.4 Å². The third-order valence-electron chi connectivity index (χ3n) is 5.74. The van der Waals surface area contributed by atoms with Gasteiger partial charge in [0.2, 0.25) is 5.91 Å². The summed E-state index contributed by atoms with van der Waals surface area (Å²) in [5, 5.41) is 7.29. The van der Waals surface area contributed by atoms with Crippen molar-refractivity contribution in [2.24, 2.45) is 0 Å². The van der Waals surface area contributed by atoms with Crippen LogP contribution in [0.4, 0.5) is 5.69 Å². The number of para-hydroxylation sites is 1. The summed E-state index contributed by atoms with van der Waals surface area (Å²) in [5.74, 6) is -0.300. The van der Waals surface area contributed by atoms with E-state index in [1.165, 1.54) is 23.2 Å². The first-order valence-corrected chi connectivity index (χ1v) is 10.4. The molecule has 2 aromatic rings. The number of benzene rings is 1. The quantitative estimate of drug-likeness (QED) is 0.843. The first-order valence-electron chi connectivity index (χ1n) is 10.4. The van der Waals surface area contributed by atoms with Crippen molar-refractivity contribution in [1.29, 1.82) is 0 Å². The zero-order chi connectivity index (χ0) is 20.2. The lowest BCUT2D eigenvalue weighted by Gasteiger charge is -2.22. The zero-order valence-corrected chi connectivity index (χ0v) is 16.5. The Morgan fingerprint density at radius 3 is 2.69 bits per heavy atom. The molecule has 2 aliphatic rings. The molecule has 1 aromatic carbocycles. The van der Waals surface area contributed by atoms with Gasteiger partial charge in [-0.05, 0) is 37.0 Å². The highest BCUT2D eigenvalue weighted by molar-refractivity contribution is 6.05. The molecule has 0 bridgehead atoms. The number of hydrogen-bond acceptors (Lipinski definition) is 4. The van der Waals surface area contributed by atoms with Crippen molar-refractivity contribution in [3.8, 4) is 0 Å². The molecule has 1 aliphatic carbocycles. The summed E-state index contributed by atoms with van der Waals surface area (Å²) in [6.07, 6.45) is 6.55. The molecule has 1 N–H and O–H groups in total. The number of aromatic nitrogens is 2. The van der Waals surface area contributed by atoms with Crippen LogP contribution < -0.4 is 15.8 Å². The third-order valence-corrected chi connectivity index (χ3v) is 5.74. The predicted molar refractivity (Wildman–Crippen MR) is 110 cm³/mol. The number of nitrogens with zero attached hydrogens (tertiary/aromatic N) is 3. The Hall–Kier alpha value is -2.96. The Morgan fingerprint density at radius 2 is 1.86 bits per heavy atom. The van der Waals surface area contributed by atoms with Crippen molar-refractivity contribution < 1.29 is 9.59 Å². The molecule has 29 heavy (non-hydrogen) atoms. The second-order valence-electron chi connectivity index (χ2n) is 7.77. The van der Waals surface area contributed by atoms with E-state index in [1.807, 2.05) is 24.3 Å². The molecule has 1 saturated carbocycles. The van der Waals surface area contributed by atoms with Gasteiger partial charge in [-0.3, -0.25) is 14.4 Å². The molecular formula is C22H26N4O3. The van der Waals surface area contributed by atoms with Gasteiger partial charge in [0.25, 0.3) is 11.5 Å². The van der Waals surface area contributed by atoms with Gasteiger partial charge >= 0.3 is 0 Å². The molecule has 1 aliphatic heterocycles. The number of anilines is 1. The second-order valence-corrected chi connectivity index (χ2v) is 7.77. The molecule has 1 aromatic heterocycles. The summed E-state index contributed by atoms with van der Waals surface area (Å²) in [5.41, 5.74) is 1.93. The van der Waals surface area contributed by atoms with Crippen LogP contribution >= 0.6 is 0 Å². The van der Waals surface area contributed by atoms with E-state index in [4.69, 9.17) is 0 Å². The smallest absolute Gasteiger partial charge is 0.278 e. The second kappa shape index (κ2) is 8.59. The molecule has 7 nitrogen and oxygen atoms in total. The topological polar surface area (TPSA) is 84.3 Å². The molecule has 2 amide bonds. The maximum absolute atomic E-state index is 12.9. The van der Waals surface area contributed by atoms with Gasteiger partial charge in [-0.15, -0.1) is 0 Å². The minimum absolute atomic E-state index is 0.0733. The van der Waals surface area contributed by atoms with E-state index in [1.54, 1.807) is 4.90 Å². The molecule has 0 atom stereocenters. The minimum atomic E-state index is -0.311. The van der Waals surface area contributed by atoms with Crippen LogP contribution in [0.2, 0.25) is 0 Å². The monoisotopic (exact) mass is 394 g/mol. The summed E-state index contributed by atoms with van der Waals surface area (Å²) in [7, 11) is 0. The lowest BCUT2D eigenvalue weighted by Crippen LogP contribution is -2.37. The van der Waals surface area contributed by atoms with Crippen LogP contribution in [0.1, 0.15) is 54.6 Å². The fourth-order valence-corrected chi connectivity index (χ4v) is 4.16. The van der Waals surface area contributed by atoms with Gasteiger partial charge in [0.15, 0.2) is 0 Å². The molecule has 1 fully saturated rings. The fourth-order valence-electron chi connectivity index (χ4n) is 4.16. The maximum atomic E-state index is 12.9. The molecule has 152 valence electrons. The molecule has 2 heterocycles. The van der Waals surface area contributed by atoms with Crippen molar-refractivity contribution in [2.75, 3.05) is 11.4 Å². The van der Waals surface area contributed by atoms with Gasteiger partial charge in [0.05, 0.1) is 6.54 Å². The van der Waals surface area contributed by atoms with E-state index in [2.05, 4.69) is 10.4 Å². The number of rotatable bonds is 5. The van der Waals surface area contributed by atoms with Crippen LogP contribution in [0, 0.1) is 0 Å². The van der Waals surface area contributed by atoms with Gasteiger partial charge in [0.1, 0.15) is 5.69 Å². The van der Waals surface area contributed by atoms with Crippen molar-refractivity contribution in [2.45, 2.75) is 57.5 Å². The van der Waals surface area contributed by atoms with Gasteiger partial charge in [-0.25, -0.2) is 4.68 Å². The number of carbonyl (C=O) groups is 2. The van der Waals surface area contributed by atoms with Crippen LogP contribution in [-0.4, -0.2) is 34.2 Å². The first kappa shape index (κ1) is 19.4. The highest BCUT2D eigenvalue weighted by Crippen LogP contribution is 2.28. The maximum Gasteiger partial charge on any atom is 0.278 e. The van der Waals surface area contributed by atoms with E-state index < -0.39 is 0 Å². The lowest BCUT2D eigenvalue weighted by atomic mass is 9.95. The van der Waals surface area contributed by atoms with Crippen LogP contribution in [0.5, 0.6) is 0 Å². The Morgan fingerprint density at radius 1 is 1.07 bits per heavy atom. The molecule has 4 rings (SSSR count). The zero-order valence-electron chi connectivity index (χ0n) is 16.5. The summed E-state index contributed by atoms with van der Waals surface area (Å²) in [4.78, 5) is 39.0. The van der Waals surface area contributed by atoms with Crippen molar-refractivity contribution in [3.63, 3.8) is 0 Å². The molecular weight excluding hydrogens is 368 g/mol. The predicted octanol–water partition coefficient (Wildman–Crippen LogP) is 2.29. The highest BCUT2D eigenvalue weighted by Gasteiger charge is 2.26.